The molecule has 7 nitrogen and oxygen atoms in total. The minimum atomic E-state index is -0.0874. The number of aromatic amines is 2. The minimum Gasteiger partial charge on any atom is -0.364 e. The molecule has 0 bridgehead atoms. The number of carbonyl (C=O) groups excluding carboxylic acids is 2. The van der Waals surface area contributed by atoms with Crippen LogP contribution in [-0.4, -0.2) is 52.0 Å². The summed E-state index contributed by atoms with van der Waals surface area (Å²) in [5, 5.41) is 9.84. The average molecular weight is 357 g/mol. The average Bonchev–Trinajstić information content (AvgIpc) is 3.26. The lowest BCUT2D eigenvalue weighted by Crippen LogP contribution is -2.39. The summed E-state index contributed by atoms with van der Waals surface area (Å²) >= 11 is 0. The number of hydrogen-bond donors (Lipinski definition) is 3. The van der Waals surface area contributed by atoms with Crippen molar-refractivity contribution in [2.24, 2.45) is 0 Å². The van der Waals surface area contributed by atoms with Gasteiger partial charge in [-0.25, -0.2) is 0 Å². The first-order valence-corrected chi connectivity index (χ1v) is 9.18. The van der Waals surface area contributed by atoms with Gasteiger partial charge in [0, 0.05) is 50.1 Å². The van der Waals surface area contributed by atoms with Crippen molar-refractivity contribution in [1.82, 2.24) is 25.4 Å². The Hall–Kier alpha value is -2.57. The molecule has 26 heavy (non-hydrogen) atoms. The van der Waals surface area contributed by atoms with Gasteiger partial charge >= 0.3 is 0 Å². The predicted molar refractivity (Wildman–Crippen MR) is 99.1 cm³/mol. The zero-order valence-electron chi connectivity index (χ0n) is 15.7. The quantitative estimate of drug-likeness (QED) is 0.764. The maximum Gasteiger partial charge on any atom is 0.252 e. The fourth-order valence-corrected chi connectivity index (χ4v) is 3.82. The molecule has 0 saturated carbocycles. The lowest BCUT2D eigenvalue weighted by atomic mass is 9.92. The van der Waals surface area contributed by atoms with E-state index in [1.54, 1.807) is 19.3 Å². The van der Waals surface area contributed by atoms with Gasteiger partial charge in [0.05, 0.1) is 11.3 Å². The molecule has 3 heterocycles. The van der Waals surface area contributed by atoms with Crippen LogP contribution in [0.15, 0.2) is 12.3 Å². The number of H-pyrrole nitrogens is 2. The standard InChI is InChI=1S/C19H27N5O2/c1-12-15(13(2)23-22-12)6-7-17(25)24-10-4-5-14(11-24)18-16(8-9-21-18)19(26)20-3/h8-9,14,21H,4-7,10-11H2,1-3H3,(H,20,26)(H,22,23). The first-order chi connectivity index (χ1) is 12.5. The van der Waals surface area contributed by atoms with Crippen LogP contribution in [0.3, 0.4) is 0 Å². The van der Waals surface area contributed by atoms with Crippen molar-refractivity contribution in [1.29, 1.82) is 0 Å². The van der Waals surface area contributed by atoms with E-state index in [0.717, 1.165) is 42.0 Å². The largest absolute Gasteiger partial charge is 0.364 e. The van der Waals surface area contributed by atoms with Crippen LogP contribution in [0.4, 0.5) is 0 Å². The topological polar surface area (TPSA) is 93.9 Å². The third-order valence-corrected chi connectivity index (χ3v) is 5.30. The van der Waals surface area contributed by atoms with E-state index in [0.29, 0.717) is 24.9 Å². The summed E-state index contributed by atoms with van der Waals surface area (Å²) in [5.74, 6) is 0.255. The van der Waals surface area contributed by atoms with E-state index in [9.17, 15) is 9.59 Å². The molecule has 1 aliphatic rings. The molecular formula is C19H27N5O2. The summed E-state index contributed by atoms with van der Waals surface area (Å²) in [7, 11) is 1.63. The Balaban J connectivity index is 1.64. The Kier molecular flexibility index (Phi) is 5.44. The molecule has 0 aromatic carbocycles. The van der Waals surface area contributed by atoms with Crippen LogP contribution in [0.5, 0.6) is 0 Å². The smallest absolute Gasteiger partial charge is 0.252 e. The number of nitrogens with zero attached hydrogens (tertiary/aromatic N) is 2. The van der Waals surface area contributed by atoms with Crippen LogP contribution >= 0.6 is 0 Å². The van der Waals surface area contributed by atoms with Gasteiger partial charge in [0.25, 0.3) is 5.91 Å². The molecule has 0 aliphatic carbocycles. The Morgan fingerprint density at radius 3 is 2.88 bits per heavy atom. The maximum absolute atomic E-state index is 12.7. The molecular weight excluding hydrogens is 330 g/mol. The molecule has 2 aromatic heterocycles. The number of rotatable bonds is 5. The number of aryl methyl sites for hydroxylation is 2. The molecule has 3 rings (SSSR count). The maximum atomic E-state index is 12.7. The number of piperidine rings is 1. The van der Waals surface area contributed by atoms with Gasteiger partial charge in [0.2, 0.25) is 5.91 Å². The van der Waals surface area contributed by atoms with Gasteiger partial charge in [-0.1, -0.05) is 0 Å². The van der Waals surface area contributed by atoms with Crippen LogP contribution in [0, 0.1) is 13.8 Å². The number of aromatic nitrogens is 3. The molecule has 1 fully saturated rings. The molecule has 1 unspecified atom stereocenters. The zero-order valence-corrected chi connectivity index (χ0v) is 15.7. The van der Waals surface area contributed by atoms with Gasteiger partial charge in [-0.3, -0.25) is 14.7 Å². The summed E-state index contributed by atoms with van der Waals surface area (Å²) in [5.41, 5.74) is 4.75. The van der Waals surface area contributed by atoms with Crippen molar-refractivity contribution < 1.29 is 9.59 Å². The zero-order chi connectivity index (χ0) is 18.7. The van der Waals surface area contributed by atoms with Crippen LogP contribution in [0.25, 0.3) is 0 Å². The van der Waals surface area contributed by atoms with Gasteiger partial charge in [-0.2, -0.15) is 5.10 Å². The molecule has 2 amide bonds. The fraction of sp³-hybridized carbons (Fsp3) is 0.526. The summed E-state index contributed by atoms with van der Waals surface area (Å²) in [6.45, 7) is 5.40. The lowest BCUT2D eigenvalue weighted by Gasteiger charge is -2.33. The van der Waals surface area contributed by atoms with E-state index in [4.69, 9.17) is 0 Å². The highest BCUT2D eigenvalue weighted by molar-refractivity contribution is 5.95. The van der Waals surface area contributed by atoms with E-state index in [-0.39, 0.29) is 17.7 Å². The Labute approximate surface area is 153 Å². The highest BCUT2D eigenvalue weighted by Gasteiger charge is 2.28. The summed E-state index contributed by atoms with van der Waals surface area (Å²) in [4.78, 5) is 29.9. The van der Waals surface area contributed by atoms with E-state index >= 15 is 0 Å². The normalized spacial score (nSPS) is 17.3. The van der Waals surface area contributed by atoms with Crippen LogP contribution in [0.2, 0.25) is 0 Å². The van der Waals surface area contributed by atoms with Crippen molar-refractivity contribution in [3.63, 3.8) is 0 Å². The number of nitrogens with one attached hydrogen (secondary N) is 3. The lowest BCUT2D eigenvalue weighted by molar-refractivity contribution is -0.132. The first kappa shape index (κ1) is 18.2. The van der Waals surface area contributed by atoms with Gasteiger partial charge in [-0.15, -0.1) is 0 Å². The summed E-state index contributed by atoms with van der Waals surface area (Å²) < 4.78 is 0. The van der Waals surface area contributed by atoms with Crippen molar-refractivity contribution in [3.05, 3.63) is 40.5 Å². The number of likely N-dealkylation sites (tertiary alicyclic amines) is 1. The first-order valence-electron chi connectivity index (χ1n) is 9.18. The van der Waals surface area contributed by atoms with Crippen molar-refractivity contribution in [3.8, 4) is 0 Å². The Bertz CT molecular complexity index is 772. The molecule has 1 aliphatic heterocycles. The van der Waals surface area contributed by atoms with E-state index in [1.165, 1.54) is 0 Å². The van der Waals surface area contributed by atoms with Gasteiger partial charge in [0.15, 0.2) is 0 Å². The second kappa shape index (κ2) is 7.76. The molecule has 0 radical (unpaired) electrons. The van der Waals surface area contributed by atoms with Crippen molar-refractivity contribution in [2.45, 2.75) is 45.4 Å². The predicted octanol–water partition coefficient (Wildman–Crippen LogP) is 2.05. The third-order valence-electron chi connectivity index (χ3n) is 5.30. The van der Waals surface area contributed by atoms with Crippen molar-refractivity contribution in [2.75, 3.05) is 20.1 Å². The van der Waals surface area contributed by atoms with E-state index in [2.05, 4.69) is 20.5 Å². The van der Waals surface area contributed by atoms with Crippen LogP contribution < -0.4 is 5.32 Å². The SMILES string of the molecule is CNC(=O)c1cc[nH]c1C1CCCN(C(=O)CCc2c(C)n[nH]c2C)C1. The van der Waals surface area contributed by atoms with E-state index < -0.39 is 0 Å². The van der Waals surface area contributed by atoms with Crippen LogP contribution in [-0.2, 0) is 11.2 Å². The summed E-state index contributed by atoms with van der Waals surface area (Å²) in [6.07, 6.45) is 4.92. The highest BCUT2D eigenvalue weighted by atomic mass is 16.2. The van der Waals surface area contributed by atoms with Crippen LogP contribution in [0.1, 0.15) is 58.2 Å². The monoisotopic (exact) mass is 357 g/mol. The second-order valence-corrected chi connectivity index (χ2v) is 6.98. The number of amides is 2. The Morgan fingerprint density at radius 2 is 2.19 bits per heavy atom. The molecule has 1 saturated heterocycles. The third kappa shape index (κ3) is 3.66. The van der Waals surface area contributed by atoms with Gasteiger partial charge < -0.3 is 15.2 Å². The molecule has 2 aromatic rings. The fourth-order valence-electron chi connectivity index (χ4n) is 3.82. The minimum absolute atomic E-state index is 0.0874. The highest BCUT2D eigenvalue weighted by Crippen LogP contribution is 2.29. The molecule has 1 atom stereocenters. The summed E-state index contributed by atoms with van der Waals surface area (Å²) in [6, 6.07) is 1.80. The van der Waals surface area contributed by atoms with Gasteiger partial charge in [-0.05, 0) is 44.7 Å². The van der Waals surface area contributed by atoms with Crippen molar-refractivity contribution >= 4 is 11.8 Å². The van der Waals surface area contributed by atoms with E-state index in [1.807, 2.05) is 18.7 Å². The van der Waals surface area contributed by atoms with Gasteiger partial charge in [0.1, 0.15) is 0 Å². The second-order valence-electron chi connectivity index (χ2n) is 6.98. The molecule has 3 N–H and O–H groups in total. The molecule has 140 valence electrons. The molecule has 7 heteroatoms. The number of hydrogen-bond acceptors (Lipinski definition) is 3. The number of carbonyl (C=O) groups is 2. The Morgan fingerprint density at radius 1 is 1.38 bits per heavy atom. The molecule has 0 spiro atoms.